The van der Waals surface area contributed by atoms with Crippen molar-refractivity contribution in [2.45, 2.75) is 27.2 Å². The number of rotatable bonds is 5. The SMILES string of the molecule is Cc1cccc(NC(=O)COC(=O)CC(C)C)c1. The molecule has 0 saturated carbocycles. The van der Waals surface area contributed by atoms with Crippen LogP contribution in [0.5, 0.6) is 0 Å². The van der Waals surface area contributed by atoms with E-state index >= 15 is 0 Å². The van der Waals surface area contributed by atoms with Crippen LogP contribution in [0.3, 0.4) is 0 Å². The maximum Gasteiger partial charge on any atom is 0.306 e. The van der Waals surface area contributed by atoms with Gasteiger partial charge in [-0.25, -0.2) is 0 Å². The molecule has 0 unspecified atom stereocenters. The summed E-state index contributed by atoms with van der Waals surface area (Å²) in [5.74, 6) is -0.431. The van der Waals surface area contributed by atoms with Gasteiger partial charge in [-0.3, -0.25) is 9.59 Å². The standard InChI is InChI=1S/C14H19NO3/c1-10(2)7-14(17)18-9-13(16)15-12-6-4-5-11(3)8-12/h4-6,8,10H,7,9H2,1-3H3,(H,15,16). The van der Waals surface area contributed by atoms with Gasteiger partial charge < -0.3 is 10.1 Å². The molecule has 0 fully saturated rings. The zero-order chi connectivity index (χ0) is 13.5. The summed E-state index contributed by atoms with van der Waals surface area (Å²) in [7, 11) is 0. The van der Waals surface area contributed by atoms with E-state index in [0.717, 1.165) is 5.56 Å². The lowest BCUT2D eigenvalue weighted by Crippen LogP contribution is -2.21. The number of hydrogen-bond acceptors (Lipinski definition) is 3. The van der Waals surface area contributed by atoms with Crippen LogP contribution in [0.25, 0.3) is 0 Å². The predicted octanol–water partition coefficient (Wildman–Crippen LogP) is 2.52. The predicted molar refractivity (Wildman–Crippen MR) is 70.2 cm³/mol. The lowest BCUT2D eigenvalue weighted by molar-refractivity contribution is -0.148. The maximum atomic E-state index is 11.5. The first-order chi connectivity index (χ1) is 8.47. The number of hydrogen-bond donors (Lipinski definition) is 1. The molecule has 1 N–H and O–H groups in total. The van der Waals surface area contributed by atoms with Gasteiger partial charge in [-0.15, -0.1) is 0 Å². The van der Waals surface area contributed by atoms with Crippen LogP contribution in [0.2, 0.25) is 0 Å². The first-order valence-corrected chi connectivity index (χ1v) is 5.99. The minimum Gasteiger partial charge on any atom is -0.456 e. The lowest BCUT2D eigenvalue weighted by atomic mass is 10.1. The van der Waals surface area contributed by atoms with Crippen LogP contribution in [-0.2, 0) is 14.3 Å². The summed E-state index contributed by atoms with van der Waals surface area (Å²) in [5.41, 5.74) is 1.77. The quantitative estimate of drug-likeness (QED) is 0.816. The summed E-state index contributed by atoms with van der Waals surface area (Å²) in [4.78, 5) is 22.8. The number of amides is 1. The van der Waals surface area contributed by atoms with Gasteiger partial charge in [0.1, 0.15) is 0 Å². The van der Waals surface area contributed by atoms with Crippen molar-refractivity contribution >= 4 is 17.6 Å². The van der Waals surface area contributed by atoms with Gasteiger partial charge in [0.15, 0.2) is 6.61 Å². The highest BCUT2D eigenvalue weighted by molar-refractivity contribution is 5.92. The van der Waals surface area contributed by atoms with E-state index in [1.165, 1.54) is 0 Å². The van der Waals surface area contributed by atoms with Crippen LogP contribution < -0.4 is 5.32 Å². The first kappa shape index (κ1) is 14.2. The van der Waals surface area contributed by atoms with Crippen LogP contribution in [-0.4, -0.2) is 18.5 Å². The summed E-state index contributed by atoms with van der Waals surface area (Å²) in [6.45, 7) is 5.56. The summed E-state index contributed by atoms with van der Waals surface area (Å²) in [6, 6.07) is 7.45. The fraction of sp³-hybridized carbons (Fsp3) is 0.429. The molecule has 0 aliphatic rings. The Morgan fingerprint density at radius 1 is 1.33 bits per heavy atom. The van der Waals surface area contributed by atoms with Crippen LogP contribution in [0.4, 0.5) is 5.69 Å². The molecule has 0 saturated heterocycles. The number of aryl methyl sites for hydroxylation is 1. The van der Waals surface area contributed by atoms with Crippen LogP contribution in [0, 0.1) is 12.8 Å². The van der Waals surface area contributed by atoms with E-state index in [1.807, 2.05) is 39.0 Å². The Labute approximate surface area is 107 Å². The van der Waals surface area contributed by atoms with Crippen LogP contribution in [0.15, 0.2) is 24.3 Å². The molecule has 1 aromatic carbocycles. The van der Waals surface area contributed by atoms with Gasteiger partial charge in [0, 0.05) is 12.1 Å². The van der Waals surface area contributed by atoms with Gasteiger partial charge in [0.25, 0.3) is 5.91 Å². The molecule has 0 aromatic heterocycles. The van der Waals surface area contributed by atoms with E-state index in [9.17, 15) is 9.59 Å². The summed E-state index contributed by atoms with van der Waals surface area (Å²) in [5, 5.41) is 2.68. The van der Waals surface area contributed by atoms with E-state index in [0.29, 0.717) is 12.1 Å². The van der Waals surface area contributed by atoms with E-state index in [-0.39, 0.29) is 24.4 Å². The van der Waals surface area contributed by atoms with Crippen molar-refractivity contribution in [1.29, 1.82) is 0 Å². The van der Waals surface area contributed by atoms with Crippen molar-refractivity contribution in [2.75, 3.05) is 11.9 Å². The molecule has 0 spiro atoms. The second-order valence-electron chi connectivity index (χ2n) is 4.68. The van der Waals surface area contributed by atoms with Gasteiger partial charge in [-0.05, 0) is 30.5 Å². The van der Waals surface area contributed by atoms with Crippen molar-refractivity contribution in [3.63, 3.8) is 0 Å². The second-order valence-corrected chi connectivity index (χ2v) is 4.68. The molecule has 4 heteroatoms. The molecule has 1 amide bonds. The molecule has 0 radical (unpaired) electrons. The highest BCUT2D eigenvalue weighted by Crippen LogP contribution is 2.09. The Morgan fingerprint density at radius 3 is 2.67 bits per heavy atom. The molecule has 0 aliphatic heterocycles. The average Bonchev–Trinajstić information content (AvgIpc) is 2.25. The summed E-state index contributed by atoms with van der Waals surface area (Å²) in [6.07, 6.45) is 0.331. The first-order valence-electron chi connectivity index (χ1n) is 5.99. The zero-order valence-electron chi connectivity index (χ0n) is 11.0. The van der Waals surface area contributed by atoms with E-state index < -0.39 is 0 Å². The number of ether oxygens (including phenoxy) is 1. The smallest absolute Gasteiger partial charge is 0.306 e. The zero-order valence-corrected chi connectivity index (χ0v) is 11.0. The highest BCUT2D eigenvalue weighted by atomic mass is 16.5. The van der Waals surface area contributed by atoms with Crippen molar-refractivity contribution < 1.29 is 14.3 Å². The molecule has 0 atom stereocenters. The second kappa shape index (κ2) is 6.79. The van der Waals surface area contributed by atoms with Crippen molar-refractivity contribution in [2.24, 2.45) is 5.92 Å². The molecule has 1 aromatic rings. The fourth-order valence-electron chi connectivity index (χ4n) is 1.46. The number of carbonyl (C=O) groups excluding carboxylic acids is 2. The topological polar surface area (TPSA) is 55.4 Å². The molecule has 0 aliphatic carbocycles. The number of esters is 1. The highest BCUT2D eigenvalue weighted by Gasteiger charge is 2.09. The summed E-state index contributed by atoms with van der Waals surface area (Å²) >= 11 is 0. The van der Waals surface area contributed by atoms with Crippen molar-refractivity contribution in [1.82, 2.24) is 0 Å². The Bertz CT molecular complexity index is 427. The number of carbonyl (C=O) groups is 2. The molecule has 0 heterocycles. The Balaban J connectivity index is 2.36. The molecule has 18 heavy (non-hydrogen) atoms. The maximum absolute atomic E-state index is 11.5. The molecular weight excluding hydrogens is 230 g/mol. The van der Waals surface area contributed by atoms with Crippen LogP contribution in [0.1, 0.15) is 25.8 Å². The third-order valence-corrected chi connectivity index (χ3v) is 2.24. The van der Waals surface area contributed by atoms with Gasteiger partial charge in [0.2, 0.25) is 0 Å². The van der Waals surface area contributed by atoms with Gasteiger partial charge in [-0.2, -0.15) is 0 Å². The third-order valence-electron chi connectivity index (χ3n) is 2.24. The lowest BCUT2D eigenvalue weighted by Gasteiger charge is -2.08. The molecule has 4 nitrogen and oxygen atoms in total. The van der Waals surface area contributed by atoms with Gasteiger partial charge >= 0.3 is 5.97 Å². The minimum absolute atomic E-state index is 0.234. The van der Waals surface area contributed by atoms with E-state index in [1.54, 1.807) is 6.07 Å². The Kier molecular flexibility index (Phi) is 5.36. The number of benzene rings is 1. The largest absolute Gasteiger partial charge is 0.456 e. The molecule has 0 bridgehead atoms. The minimum atomic E-state index is -0.343. The molecule has 98 valence electrons. The van der Waals surface area contributed by atoms with Crippen LogP contribution >= 0.6 is 0 Å². The fourth-order valence-corrected chi connectivity index (χ4v) is 1.46. The molecular formula is C14H19NO3. The third kappa shape index (κ3) is 5.48. The Morgan fingerprint density at radius 2 is 2.06 bits per heavy atom. The van der Waals surface area contributed by atoms with E-state index in [4.69, 9.17) is 4.74 Å². The van der Waals surface area contributed by atoms with Gasteiger partial charge in [-0.1, -0.05) is 26.0 Å². The number of nitrogens with one attached hydrogen (secondary N) is 1. The number of anilines is 1. The summed E-state index contributed by atoms with van der Waals surface area (Å²) < 4.78 is 4.87. The van der Waals surface area contributed by atoms with E-state index in [2.05, 4.69) is 5.32 Å². The normalized spacial score (nSPS) is 10.2. The Hall–Kier alpha value is -1.84. The molecule has 1 rings (SSSR count). The van der Waals surface area contributed by atoms with Crippen molar-refractivity contribution in [3.05, 3.63) is 29.8 Å². The monoisotopic (exact) mass is 249 g/mol. The average molecular weight is 249 g/mol. The van der Waals surface area contributed by atoms with Crippen molar-refractivity contribution in [3.8, 4) is 0 Å². The van der Waals surface area contributed by atoms with Gasteiger partial charge in [0.05, 0.1) is 0 Å².